The number of hydrogen-bond acceptors (Lipinski definition) is 3. The Morgan fingerprint density at radius 2 is 1.72 bits per heavy atom. The van der Waals surface area contributed by atoms with Crippen LogP contribution in [-0.4, -0.2) is 16.0 Å². The molecule has 1 amide bonds. The number of aromatic nitrogens is 1. The molecule has 2 aromatic carbocycles. The molecular formula is C20H17BrN2O2. The van der Waals surface area contributed by atoms with Crippen LogP contribution in [0.5, 0.6) is 5.75 Å². The van der Waals surface area contributed by atoms with Crippen molar-refractivity contribution in [1.29, 1.82) is 0 Å². The maximum absolute atomic E-state index is 12.9. The lowest BCUT2D eigenvalue weighted by atomic mass is 10.1. The third-order valence-corrected chi connectivity index (χ3v) is 4.32. The monoisotopic (exact) mass is 396 g/mol. The van der Waals surface area contributed by atoms with E-state index in [-0.39, 0.29) is 18.1 Å². The van der Waals surface area contributed by atoms with Crippen LogP contribution in [0.2, 0.25) is 0 Å². The molecule has 126 valence electrons. The van der Waals surface area contributed by atoms with Crippen molar-refractivity contribution >= 4 is 27.5 Å². The van der Waals surface area contributed by atoms with Crippen LogP contribution in [0.1, 0.15) is 11.3 Å². The minimum absolute atomic E-state index is 0.0718. The molecule has 0 saturated carbocycles. The summed E-state index contributed by atoms with van der Waals surface area (Å²) in [5.41, 5.74) is 2.15. The molecular weight excluding hydrogens is 380 g/mol. The van der Waals surface area contributed by atoms with Gasteiger partial charge in [0.05, 0.1) is 24.3 Å². The number of hydrogen-bond donors (Lipinski definition) is 1. The molecule has 0 atom stereocenters. The summed E-state index contributed by atoms with van der Waals surface area (Å²) < 4.78 is 0.967. The fraction of sp³-hybridized carbons (Fsp3) is 0.100. The number of anilines is 1. The predicted octanol–water partition coefficient (Wildman–Crippen LogP) is 4.33. The summed E-state index contributed by atoms with van der Waals surface area (Å²) in [7, 11) is 0. The van der Waals surface area contributed by atoms with E-state index in [1.165, 1.54) is 0 Å². The van der Waals surface area contributed by atoms with Crippen molar-refractivity contribution in [1.82, 2.24) is 4.98 Å². The summed E-state index contributed by atoms with van der Waals surface area (Å²) in [4.78, 5) is 18.8. The number of carbonyl (C=O) groups is 1. The number of phenols is 1. The quantitative estimate of drug-likeness (QED) is 0.698. The minimum Gasteiger partial charge on any atom is -0.506 e. The van der Waals surface area contributed by atoms with Crippen LogP contribution >= 0.6 is 15.9 Å². The van der Waals surface area contributed by atoms with Gasteiger partial charge in [0, 0.05) is 10.7 Å². The molecule has 0 bridgehead atoms. The largest absolute Gasteiger partial charge is 0.506 e. The van der Waals surface area contributed by atoms with E-state index in [1.54, 1.807) is 35.4 Å². The third-order valence-electron chi connectivity index (χ3n) is 3.79. The number of amides is 1. The molecule has 4 nitrogen and oxygen atoms in total. The third kappa shape index (κ3) is 4.45. The van der Waals surface area contributed by atoms with E-state index in [1.807, 2.05) is 42.5 Å². The van der Waals surface area contributed by atoms with Crippen molar-refractivity contribution in [3.8, 4) is 5.75 Å². The molecule has 5 heteroatoms. The number of halogens is 1. The van der Waals surface area contributed by atoms with E-state index in [2.05, 4.69) is 20.9 Å². The minimum atomic E-state index is -0.102. The maximum Gasteiger partial charge on any atom is 0.231 e. The van der Waals surface area contributed by atoms with Gasteiger partial charge in [-0.3, -0.25) is 9.78 Å². The maximum atomic E-state index is 12.9. The van der Waals surface area contributed by atoms with E-state index >= 15 is 0 Å². The number of phenolic OH excluding ortho intramolecular Hbond substituents is 1. The molecule has 0 spiro atoms. The van der Waals surface area contributed by atoms with Crippen LogP contribution in [0.3, 0.4) is 0 Å². The van der Waals surface area contributed by atoms with E-state index in [4.69, 9.17) is 0 Å². The molecule has 0 radical (unpaired) electrons. The number of para-hydroxylation sites is 2. The molecule has 1 aromatic heterocycles. The molecule has 0 aliphatic carbocycles. The average Bonchev–Trinajstić information content (AvgIpc) is 2.63. The van der Waals surface area contributed by atoms with Crippen LogP contribution in [0.25, 0.3) is 0 Å². The molecule has 0 aliphatic rings. The smallest absolute Gasteiger partial charge is 0.231 e. The number of aromatic hydroxyl groups is 1. The van der Waals surface area contributed by atoms with Gasteiger partial charge in [0.2, 0.25) is 5.91 Å². The lowest BCUT2D eigenvalue weighted by Gasteiger charge is -2.23. The number of carbonyl (C=O) groups excluding carboxylic acids is 1. The summed E-state index contributed by atoms with van der Waals surface area (Å²) in [5, 5.41) is 10.2. The molecule has 0 saturated heterocycles. The van der Waals surface area contributed by atoms with Crippen molar-refractivity contribution in [2.75, 3.05) is 4.90 Å². The van der Waals surface area contributed by atoms with Crippen LogP contribution in [0.4, 0.5) is 5.69 Å². The van der Waals surface area contributed by atoms with Gasteiger partial charge >= 0.3 is 0 Å². The highest BCUT2D eigenvalue weighted by Gasteiger charge is 2.19. The van der Waals surface area contributed by atoms with E-state index in [0.717, 1.165) is 15.7 Å². The zero-order valence-corrected chi connectivity index (χ0v) is 15.1. The summed E-state index contributed by atoms with van der Waals surface area (Å²) in [5.74, 6) is -0.0305. The van der Waals surface area contributed by atoms with Gasteiger partial charge in [-0.05, 0) is 42.0 Å². The molecule has 0 aliphatic heterocycles. The molecule has 0 fully saturated rings. The standard InChI is InChI=1S/C20H17BrN2O2/c21-16-10-8-15(9-11-16)13-20(25)23(14-17-5-3-4-12-22-17)18-6-1-2-7-19(18)24/h1-12,24H,13-14H2. The van der Waals surface area contributed by atoms with Crippen molar-refractivity contribution in [3.63, 3.8) is 0 Å². The van der Waals surface area contributed by atoms with Crippen LogP contribution < -0.4 is 4.90 Å². The van der Waals surface area contributed by atoms with Crippen LogP contribution in [-0.2, 0) is 17.8 Å². The number of nitrogens with zero attached hydrogens (tertiary/aromatic N) is 2. The zero-order valence-electron chi connectivity index (χ0n) is 13.5. The Hall–Kier alpha value is -2.66. The Morgan fingerprint density at radius 1 is 1.00 bits per heavy atom. The highest BCUT2D eigenvalue weighted by atomic mass is 79.9. The Labute approximate surface area is 154 Å². The summed E-state index contributed by atoms with van der Waals surface area (Å²) in [6.45, 7) is 0.299. The second kappa shape index (κ2) is 7.94. The average molecular weight is 397 g/mol. The first-order chi connectivity index (χ1) is 12.1. The second-order valence-corrected chi connectivity index (χ2v) is 6.51. The molecule has 3 aromatic rings. The number of pyridine rings is 1. The molecule has 25 heavy (non-hydrogen) atoms. The van der Waals surface area contributed by atoms with E-state index in [9.17, 15) is 9.90 Å². The van der Waals surface area contributed by atoms with Crippen LogP contribution in [0.15, 0.2) is 77.4 Å². The van der Waals surface area contributed by atoms with Gasteiger partial charge < -0.3 is 10.0 Å². The Balaban J connectivity index is 1.88. The molecule has 0 unspecified atom stereocenters. The normalized spacial score (nSPS) is 10.4. The van der Waals surface area contributed by atoms with E-state index in [0.29, 0.717) is 12.2 Å². The first-order valence-electron chi connectivity index (χ1n) is 7.86. The molecule has 1 N–H and O–H groups in total. The fourth-order valence-corrected chi connectivity index (χ4v) is 2.79. The Bertz CT molecular complexity index is 851. The first kappa shape index (κ1) is 17.2. The first-order valence-corrected chi connectivity index (χ1v) is 8.65. The topological polar surface area (TPSA) is 53.4 Å². The van der Waals surface area contributed by atoms with Crippen molar-refractivity contribution in [2.24, 2.45) is 0 Å². The Morgan fingerprint density at radius 3 is 2.40 bits per heavy atom. The van der Waals surface area contributed by atoms with Gasteiger partial charge in [-0.2, -0.15) is 0 Å². The lowest BCUT2D eigenvalue weighted by Crippen LogP contribution is -2.32. The van der Waals surface area contributed by atoms with Gasteiger partial charge in [-0.25, -0.2) is 0 Å². The second-order valence-electron chi connectivity index (χ2n) is 5.59. The number of benzene rings is 2. The van der Waals surface area contributed by atoms with Crippen molar-refractivity contribution < 1.29 is 9.90 Å². The van der Waals surface area contributed by atoms with Crippen LogP contribution in [0, 0.1) is 0 Å². The number of rotatable bonds is 5. The highest BCUT2D eigenvalue weighted by molar-refractivity contribution is 9.10. The van der Waals surface area contributed by atoms with Gasteiger partial charge in [0.1, 0.15) is 5.75 Å². The fourth-order valence-electron chi connectivity index (χ4n) is 2.53. The summed E-state index contributed by atoms with van der Waals surface area (Å²) >= 11 is 3.39. The van der Waals surface area contributed by atoms with Gasteiger partial charge in [-0.15, -0.1) is 0 Å². The summed E-state index contributed by atoms with van der Waals surface area (Å²) in [6.07, 6.45) is 1.94. The van der Waals surface area contributed by atoms with Gasteiger partial charge in [0.15, 0.2) is 0 Å². The summed E-state index contributed by atoms with van der Waals surface area (Å²) in [6, 6.07) is 20.0. The SMILES string of the molecule is O=C(Cc1ccc(Br)cc1)N(Cc1ccccn1)c1ccccc1O. The molecule has 3 rings (SSSR count). The van der Waals surface area contributed by atoms with Crippen molar-refractivity contribution in [3.05, 3.63) is 88.7 Å². The van der Waals surface area contributed by atoms with Crippen molar-refractivity contribution in [2.45, 2.75) is 13.0 Å². The van der Waals surface area contributed by atoms with Gasteiger partial charge in [0.25, 0.3) is 0 Å². The zero-order chi connectivity index (χ0) is 17.6. The van der Waals surface area contributed by atoms with Gasteiger partial charge in [-0.1, -0.05) is 46.3 Å². The Kier molecular flexibility index (Phi) is 5.46. The highest BCUT2D eigenvalue weighted by Crippen LogP contribution is 2.28. The predicted molar refractivity (Wildman–Crippen MR) is 101 cm³/mol. The molecule has 1 heterocycles. The lowest BCUT2D eigenvalue weighted by molar-refractivity contribution is -0.118. The van der Waals surface area contributed by atoms with E-state index < -0.39 is 0 Å².